The molecule has 0 heterocycles. The van der Waals surface area contributed by atoms with E-state index >= 15 is 0 Å². The fraction of sp³-hybridized carbons (Fsp3) is 0.222. The summed E-state index contributed by atoms with van der Waals surface area (Å²) in [6, 6.07) is 35.5. The SMILES string of the molecule is CC1=C(CCCCC2=C(C)Cc3cccc(-c4ccccc4)c32)c2c(cccc2-c2ccccc2)C1. The van der Waals surface area contributed by atoms with Gasteiger partial charge in [0, 0.05) is 0 Å². The largest absolute Gasteiger partial charge is 0.0651 e. The third kappa shape index (κ3) is 4.16. The Kier molecular flexibility index (Phi) is 6.20. The van der Waals surface area contributed by atoms with Gasteiger partial charge in [0.05, 0.1) is 0 Å². The maximum absolute atomic E-state index is 2.34. The lowest BCUT2D eigenvalue weighted by atomic mass is 9.89. The lowest BCUT2D eigenvalue weighted by Crippen LogP contribution is -1.93. The molecule has 36 heavy (non-hydrogen) atoms. The van der Waals surface area contributed by atoms with Crippen LogP contribution >= 0.6 is 0 Å². The monoisotopic (exact) mass is 466 g/mol. The number of benzene rings is 4. The highest BCUT2D eigenvalue weighted by Gasteiger charge is 2.24. The Hall–Kier alpha value is -3.64. The van der Waals surface area contributed by atoms with Crippen molar-refractivity contribution >= 4 is 11.1 Å². The van der Waals surface area contributed by atoms with Gasteiger partial charge in [0.1, 0.15) is 0 Å². The number of fused-ring (bicyclic) bond motifs is 2. The molecule has 0 spiro atoms. The van der Waals surface area contributed by atoms with Crippen molar-refractivity contribution in [1.82, 2.24) is 0 Å². The van der Waals surface area contributed by atoms with Gasteiger partial charge in [0.25, 0.3) is 0 Å². The summed E-state index contributed by atoms with van der Waals surface area (Å²) in [5.74, 6) is 0. The molecular weight excluding hydrogens is 432 g/mol. The summed E-state index contributed by atoms with van der Waals surface area (Å²) < 4.78 is 0. The molecule has 0 fully saturated rings. The molecule has 178 valence electrons. The Morgan fingerprint density at radius 1 is 0.472 bits per heavy atom. The molecule has 0 radical (unpaired) electrons. The van der Waals surface area contributed by atoms with E-state index in [4.69, 9.17) is 0 Å². The highest BCUT2D eigenvalue weighted by atomic mass is 14.3. The van der Waals surface area contributed by atoms with E-state index in [2.05, 4.69) is 111 Å². The maximum Gasteiger partial charge on any atom is -0.00576 e. The van der Waals surface area contributed by atoms with Crippen molar-refractivity contribution in [2.24, 2.45) is 0 Å². The van der Waals surface area contributed by atoms with Crippen LogP contribution in [-0.2, 0) is 12.8 Å². The van der Waals surface area contributed by atoms with Crippen LogP contribution in [0.1, 0.15) is 61.8 Å². The molecular formula is C36H34. The quantitative estimate of drug-likeness (QED) is 0.238. The Morgan fingerprint density at radius 3 is 1.31 bits per heavy atom. The minimum absolute atomic E-state index is 1.10. The third-order valence-corrected chi connectivity index (χ3v) is 8.12. The van der Waals surface area contributed by atoms with Crippen molar-refractivity contribution in [3.05, 3.63) is 130 Å². The second-order valence-electron chi connectivity index (χ2n) is 10.5. The van der Waals surface area contributed by atoms with Crippen molar-refractivity contribution in [2.45, 2.75) is 52.4 Å². The number of hydrogen-bond acceptors (Lipinski definition) is 0. The van der Waals surface area contributed by atoms with Gasteiger partial charge < -0.3 is 0 Å². The van der Waals surface area contributed by atoms with Crippen molar-refractivity contribution < 1.29 is 0 Å². The molecule has 2 aliphatic carbocycles. The first-order chi connectivity index (χ1) is 17.7. The number of hydrogen-bond donors (Lipinski definition) is 0. The van der Waals surface area contributed by atoms with Crippen LogP contribution in [0.3, 0.4) is 0 Å². The van der Waals surface area contributed by atoms with E-state index < -0.39 is 0 Å². The molecule has 0 bridgehead atoms. The van der Waals surface area contributed by atoms with Crippen LogP contribution in [0.15, 0.2) is 108 Å². The second-order valence-corrected chi connectivity index (χ2v) is 10.5. The van der Waals surface area contributed by atoms with Gasteiger partial charge in [-0.15, -0.1) is 0 Å². The minimum atomic E-state index is 1.10. The van der Waals surface area contributed by atoms with E-state index in [-0.39, 0.29) is 0 Å². The zero-order valence-electron chi connectivity index (χ0n) is 21.5. The molecule has 0 aromatic heterocycles. The van der Waals surface area contributed by atoms with Gasteiger partial charge in [-0.1, -0.05) is 108 Å². The average molecular weight is 467 g/mol. The van der Waals surface area contributed by atoms with Crippen molar-refractivity contribution in [1.29, 1.82) is 0 Å². The van der Waals surface area contributed by atoms with E-state index in [1.807, 2.05) is 0 Å². The first kappa shape index (κ1) is 22.8. The van der Waals surface area contributed by atoms with E-state index in [0.717, 1.165) is 12.8 Å². The minimum Gasteiger partial charge on any atom is -0.0651 e. The maximum atomic E-state index is 2.34. The molecule has 0 atom stereocenters. The highest BCUT2D eigenvalue weighted by Crippen LogP contribution is 2.44. The van der Waals surface area contributed by atoms with Crippen LogP contribution in [0, 0.1) is 0 Å². The van der Waals surface area contributed by atoms with Gasteiger partial charge in [-0.3, -0.25) is 0 Å². The summed E-state index contributed by atoms with van der Waals surface area (Å²) >= 11 is 0. The fourth-order valence-electron chi connectivity index (χ4n) is 6.42. The Morgan fingerprint density at radius 2 is 0.889 bits per heavy atom. The summed E-state index contributed by atoms with van der Waals surface area (Å²) in [6.07, 6.45) is 7.00. The third-order valence-electron chi connectivity index (χ3n) is 8.12. The molecule has 0 aliphatic heterocycles. The molecule has 0 amide bonds. The van der Waals surface area contributed by atoms with Crippen molar-refractivity contribution in [3.8, 4) is 22.3 Å². The summed E-state index contributed by atoms with van der Waals surface area (Å²) in [5, 5.41) is 0. The molecule has 0 N–H and O–H groups in total. The van der Waals surface area contributed by atoms with Crippen molar-refractivity contribution in [2.75, 3.05) is 0 Å². The van der Waals surface area contributed by atoms with E-state index in [1.54, 1.807) is 22.3 Å². The summed E-state index contributed by atoms with van der Waals surface area (Å²) in [5.41, 5.74) is 17.8. The molecule has 4 aromatic carbocycles. The summed E-state index contributed by atoms with van der Waals surface area (Å²) in [6.45, 7) is 4.69. The Labute approximate surface area is 216 Å². The molecule has 0 saturated carbocycles. The standard InChI is InChI=1S/C36H34/c1-25-23-29-17-11-21-33(27-13-5-3-6-14-27)35(29)31(25)19-9-10-20-32-26(2)24-30-18-12-22-34(36(30)32)28-15-7-4-8-16-28/h3-8,11-18,21-22H,9-10,19-20,23-24H2,1-2H3. The van der Waals surface area contributed by atoms with Crippen LogP contribution in [0.25, 0.3) is 33.4 Å². The summed E-state index contributed by atoms with van der Waals surface area (Å²) in [4.78, 5) is 0. The summed E-state index contributed by atoms with van der Waals surface area (Å²) in [7, 11) is 0. The second kappa shape index (κ2) is 9.78. The van der Waals surface area contributed by atoms with Gasteiger partial charge in [-0.2, -0.15) is 0 Å². The average Bonchev–Trinajstić information content (AvgIpc) is 3.42. The number of unbranched alkanes of at least 4 members (excludes halogenated alkanes) is 1. The predicted octanol–water partition coefficient (Wildman–Crippen LogP) is 9.94. The van der Waals surface area contributed by atoms with Gasteiger partial charge >= 0.3 is 0 Å². The molecule has 0 unspecified atom stereocenters. The molecule has 6 rings (SSSR count). The van der Waals surface area contributed by atoms with Gasteiger partial charge in [-0.05, 0) is 108 Å². The number of rotatable bonds is 7. The van der Waals surface area contributed by atoms with Crippen LogP contribution < -0.4 is 0 Å². The molecule has 0 saturated heterocycles. The van der Waals surface area contributed by atoms with Crippen molar-refractivity contribution in [3.63, 3.8) is 0 Å². The van der Waals surface area contributed by atoms with Gasteiger partial charge in [0.2, 0.25) is 0 Å². The Balaban J connectivity index is 1.20. The lowest BCUT2D eigenvalue weighted by molar-refractivity contribution is 0.775. The molecule has 0 heteroatoms. The van der Waals surface area contributed by atoms with Crippen LogP contribution in [0.4, 0.5) is 0 Å². The van der Waals surface area contributed by atoms with Crippen LogP contribution in [0.2, 0.25) is 0 Å². The van der Waals surface area contributed by atoms with Crippen LogP contribution in [0.5, 0.6) is 0 Å². The predicted molar refractivity (Wildman–Crippen MR) is 155 cm³/mol. The fourth-order valence-corrected chi connectivity index (χ4v) is 6.42. The Bertz CT molecular complexity index is 1350. The van der Waals surface area contributed by atoms with Gasteiger partial charge in [-0.25, -0.2) is 0 Å². The number of allylic oxidation sites excluding steroid dienone is 4. The topological polar surface area (TPSA) is 0 Å². The zero-order chi connectivity index (χ0) is 24.5. The zero-order valence-corrected chi connectivity index (χ0v) is 21.5. The first-order valence-corrected chi connectivity index (χ1v) is 13.4. The highest BCUT2D eigenvalue weighted by molar-refractivity contribution is 5.88. The smallest absolute Gasteiger partial charge is 0.00576 e. The van der Waals surface area contributed by atoms with Crippen LogP contribution in [-0.4, -0.2) is 0 Å². The van der Waals surface area contributed by atoms with E-state index in [9.17, 15) is 0 Å². The van der Waals surface area contributed by atoms with E-state index in [0.29, 0.717) is 0 Å². The molecule has 2 aliphatic rings. The molecule has 4 aromatic rings. The molecule has 0 nitrogen and oxygen atoms in total. The van der Waals surface area contributed by atoms with E-state index in [1.165, 1.54) is 70.2 Å². The first-order valence-electron chi connectivity index (χ1n) is 13.4. The lowest BCUT2D eigenvalue weighted by Gasteiger charge is -2.15. The normalized spacial score (nSPS) is 14.4. The van der Waals surface area contributed by atoms with Gasteiger partial charge in [0.15, 0.2) is 0 Å².